The Morgan fingerprint density at radius 1 is 1.24 bits per heavy atom. The van der Waals surface area contributed by atoms with Crippen LogP contribution in [0, 0.1) is 24.0 Å². The zero-order valence-electron chi connectivity index (χ0n) is 9.43. The molecule has 0 aromatic heterocycles. The molecule has 0 aliphatic rings. The largest absolute Gasteiger partial charge is 0.325 e. The third kappa shape index (κ3) is 2.66. The van der Waals surface area contributed by atoms with Crippen LogP contribution in [0.15, 0.2) is 8.95 Å². The van der Waals surface area contributed by atoms with Crippen LogP contribution in [0.3, 0.4) is 0 Å². The second-order valence-electron chi connectivity index (χ2n) is 3.54. The molecule has 0 spiro atoms. The van der Waals surface area contributed by atoms with Crippen LogP contribution in [0.1, 0.15) is 18.1 Å². The standard InChI is InChI=1S/C10H10Br2N2O3/c1-4-7(11)9(13-6(3)15)5(2)10(8(4)12)14(16)17/h1-3H3,(H,13,15). The van der Waals surface area contributed by atoms with E-state index in [1.54, 1.807) is 13.8 Å². The van der Waals surface area contributed by atoms with Crippen molar-refractivity contribution in [2.75, 3.05) is 5.32 Å². The number of carbonyl (C=O) groups excluding carboxylic acids is 1. The van der Waals surface area contributed by atoms with Gasteiger partial charge in [0, 0.05) is 11.4 Å². The Morgan fingerprint density at radius 2 is 1.76 bits per heavy atom. The number of nitrogens with zero attached hydrogens (tertiary/aromatic N) is 1. The molecule has 92 valence electrons. The van der Waals surface area contributed by atoms with E-state index in [-0.39, 0.29) is 11.6 Å². The van der Waals surface area contributed by atoms with Gasteiger partial charge in [-0.2, -0.15) is 0 Å². The van der Waals surface area contributed by atoms with Crippen molar-refractivity contribution in [1.82, 2.24) is 0 Å². The summed E-state index contributed by atoms with van der Waals surface area (Å²) in [4.78, 5) is 21.6. The summed E-state index contributed by atoms with van der Waals surface area (Å²) in [6.07, 6.45) is 0. The minimum Gasteiger partial charge on any atom is -0.325 e. The zero-order chi connectivity index (χ0) is 13.3. The number of halogens is 2. The molecule has 1 N–H and O–H groups in total. The maximum Gasteiger partial charge on any atom is 0.288 e. The summed E-state index contributed by atoms with van der Waals surface area (Å²) < 4.78 is 1.06. The Balaban J connectivity index is 3.61. The summed E-state index contributed by atoms with van der Waals surface area (Å²) in [7, 11) is 0. The van der Waals surface area contributed by atoms with Gasteiger partial charge in [0.05, 0.1) is 20.6 Å². The third-order valence-electron chi connectivity index (χ3n) is 2.30. The monoisotopic (exact) mass is 364 g/mol. The lowest BCUT2D eigenvalue weighted by molar-refractivity contribution is -0.386. The third-order valence-corrected chi connectivity index (χ3v) is 4.26. The highest BCUT2D eigenvalue weighted by atomic mass is 79.9. The molecule has 0 fully saturated rings. The van der Waals surface area contributed by atoms with Gasteiger partial charge in [0.1, 0.15) is 0 Å². The van der Waals surface area contributed by atoms with Crippen LogP contribution in [0.25, 0.3) is 0 Å². The van der Waals surface area contributed by atoms with E-state index in [1.807, 2.05) is 0 Å². The van der Waals surface area contributed by atoms with Gasteiger partial charge < -0.3 is 5.32 Å². The van der Waals surface area contributed by atoms with Crippen molar-refractivity contribution in [2.24, 2.45) is 0 Å². The minimum atomic E-state index is -0.468. The number of hydrogen-bond donors (Lipinski definition) is 1. The molecule has 1 aromatic carbocycles. The first-order chi connectivity index (χ1) is 7.77. The minimum absolute atomic E-state index is 0.0329. The van der Waals surface area contributed by atoms with Gasteiger partial charge >= 0.3 is 0 Å². The van der Waals surface area contributed by atoms with Gasteiger partial charge in [-0.25, -0.2) is 0 Å². The second kappa shape index (κ2) is 5.14. The fourth-order valence-corrected chi connectivity index (χ4v) is 2.95. The Morgan fingerprint density at radius 3 is 2.18 bits per heavy atom. The van der Waals surface area contributed by atoms with Gasteiger partial charge in [-0.1, -0.05) is 0 Å². The van der Waals surface area contributed by atoms with Crippen LogP contribution in [-0.4, -0.2) is 10.8 Å². The SMILES string of the molecule is CC(=O)Nc1c(C)c([N+](=O)[O-])c(Br)c(C)c1Br. The average Bonchev–Trinajstić information content (AvgIpc) is 2.21. The molecule has 1 amide bonds. The highest BCUT2D eigenvalue weighted by molar-refractivity contribution is 9.11. The highest BCUT2D eigenvalue weighted by Gasteiger charge is 2.25. The normalized spacial score (nSPS) is 10.2. The van der Waals surface area contributed by atoms with Crippen molar-refractivity contribution in [3.05, 3.63) is 30.2 Å². The topological polar surface area (TPSA) is 72.2 Å². The molecule has 0 radical (unpaired) electrons. The van der Waals surface area contributed by atoms with Crippen molar-refractivity contribution < 1.29 is 9.72 Å². The Bertz CT molecular complexity index is 515. The molecule has 1 aromatic rings. The Labute approximate surface area is 115 Å². The molecular weight excluding hydrogens is 356 g/mol. The number of nitro groups is 1. The summed E-state index contributed by atoms with van der Waals surface area (Å²) in [6, 6.07) is 0. The van der Waals surface area contributed by atoms with E-state index >= 15 is 0 Å². The molecule has 0 heterocycles. The molecule has 0 bridgehead atoms. The van der Waals surface area contributed by atoms with Crippen LogP contribution in [0.5, 0.6) is 0 Å². The van der Waals surface area contributed by atoms with Crippen molar-refractivity contribution >= 4 is 49.1 Å². The molecule has 0 aliphatic carbocycles. The number of amides is 1. The van der Waals surface area contributed by atoms with Crippen LogP contribution in [-0.2, 0) is 4.79 Å². The van der Waals surface area contributed by atoms with Crippen LogP contribution < -0.4 is 5.32 Å². The Hall–Kier alpha value is -0.950. The number of hydrogen-bond acceptors (Lipinski definition) is 3. The van der Waals surface area contributed by atoms with E-state index in [4.69, 9.17) is 0 Å². The van der Waals surface area contributed by atoms with Gasteiger partial charge in [0.25, 0.3) is 5.69 Å². The van der Waals surface area contributed by atoms with Crippen molar-refractivity contribution in [1.29, 1.82) is 0 Å². The van der Waals surface area contributed by atoms with Gasteiger partial charge in [-0.15, -0.1) is 0 Å². The number of nitrogens with one attached hydrogen (secondary N) is 1. The zero-order valence-corrected chi connectivity index (χ0v) is 12.6. The summed E-state index contributed by atoms with van der Waals surface area (Å²) in [5, 5.41) is 13.6. The maximum absolute atomic E-state index is 11.1. The average molecular weight is 366 g/mol. The summed E-state index contributed by atoms with van der Waals surface area (Å²) in [6.45, 7) is 4.68. The molecule has 0 unspecified atom stereocenters. The first kappa shape index (κ1) is 14.1. The van der Waals surface area contributed by atoms with E-state index in [9.17, 15) is 14.9 Å². The number of benzene rings is 1. The summed E-state index contributed by atoms with van der Waals surface area (Å²) in [5.41, 5.74) is 1.49. The van der Waals surface area contributed by atoms with E-state index < -0.39 is 4.92 Å². The van der Waals surface area contributed by atoms with Crippen molar-refractivity contribution in [3.8, 4) is 0 Å². The molecule has 17 heavy (non-hydrogen) atoms. The van der Waals surface area contributed by atoms with Crippen LogP contribution >= 0.6 is 31.9 Å². The lowest BCUT2D eigenvalue weighted by Gasteiger charge is -2.13. The number of anilines is 1. The molecule has 0 atom stereocenters. The smallest absolute Gasteiger partial charge is 0.288 e. The predicted octanol–water partition coefficient (Wildman–Crippen LogP) is 3.70. The molecule has 5 nitrogen and oxygen atoms in total. The lowest BCUT2D eigenvalue weighted by Crippen LogP contribution is -2.10. The highest BCUT2D eigenvalue weighted by Crippen LogP contribution is 2.42. The van der Waals surface area contributed by atoms with Gasteiger partial charge in [-0.05, 0) is 51.3 Å². The quantitative estimate of drug-likeness (QED) is 0.641. The fraction of sp³-hybridized carbons (Fsp3) is 0.300. The molecule has 0 saturated carbocycles. The van der Waals surface area contributed by atoms with Crippen molar-refractivity contribution in [2.45, 2.75) is 20.8 Å². The number of nitro benzene ring substituents is 1. The number of rotatable bonds is 2. The fourth-order valence-electron chi connectivity index (χ4n) is 1.45. The summed E-state index contributed by atoms with van der Waals surface area (Å²) >= 11 is 6.52. The van der Waals surface area contributed by atoms with E-state index in [2.05, 4.69) is 37.2 Å². The van der Waals surface area contributed by atoms with E-state index in [0.29, 0.717) is 25.8 Å². The maximum atomic E-state index is 11.1. The lowest BCUT2D eigenvalue weighted by atomic mass is 10.1. The number of carbonyl (C=O) groups is 1. The van der Waals surface area contributed by atoms with Crippen LogP contribution in [0.4, 0.5) is 11.4 Å². The van der Waals surface area contributed by atoms with Gasteiger partial charge in [0.15, 0.2) is 0 Å². The first-order valence-electron chi connectivity index (χ1n) is 4.67. The van der Waals surface area contributed by atoms with Crippen LogP contribution in [0.2, 0.25) is 0 Å². The summed E-state index contributed by atoms with van der Waals surface area (Å²) in [5.74, 6) is -0.273. The molecular formula is C10H10Br2N2O3. The molecule has 0 aliphatic heterocycles. The van der Waals surface area contributed by atoms with Gasteiger partial charge in [0.2, 0.25) is 5.91 Å². The molecule has 7 heteroatoms. The second-order valence-corrected chi connectivity index (χ2v) is 5.13. The predicted molar refractivity (Wildman–Crippen MR) is 72.3 cm³/mol. The van der Waals surface area contributed by atoms with E-state index in [0.717, 1.165) is 0 Å². The molecule has 0 saturated heterocycles. The van der Waals surface area contributed by atoms with Crippen molar-refractivity contribution in [3.63, 3.8) is 0 Å². The first-order valence-corrected chi connectivity index (χ1v) is 6.26. The Kier molecular flexibility index (Phi) is 4.26. The molecule has 1 rings (SSSR count). The van der Waals surface area contributed by atoms with Gasteiger partial charge in [-0.3, -0.25) is 14.9 Å². The van der Waals surface area contributed by atoms with E-state index in [1.165, 1.54) is 6.92 Å².